The van der Waals surface area contributed by atoms with E-state index in [1.165, 1.54) is 6.20 Å². The standard InChI is InChI=1S/C29H27F2N5O3/c1-16(2)20-8-17(11-32)4-5-19(20)21-12-34-27-25(21)24(6-7-33-27)39-26-22(30)9-18(10-23(26)31)36-28-35-13-29(3,14-37)15-38-28/h4-10,12,16,37H,13-15H2,1-3H3,(H,33,34)(H,35,36)/t29-/m1/s1. The van der Waals surface area contributed by atoms with Gasteiger partial charge >= 0.3 is 0 Å². The van der Waals surface area contributed by atoms with Crippen LogP contribution in [0.25, 0.3) is 22.2 Å². The van der Waals surface area contributed by atoms with Gasteiger partial charge in [-0.2, -0.15) is 5.26 Å². The molecule has 0 spiro atoms. The number of benzene rings is 2. The topological polar surface area (TPSA) is 116 Å². The van der Waals surface area contributed by atoms with E-state index in [0.29, 0.717) is 23.1 Å². The molecule has 1 aliphatic heterocycles. The zero-order valence-electron chi connectivity index (χ0n) is 21.7. The summed E-state index contributed by atoms with van der Waals surface area (Å²) in [6.07, 6.45) is 3.26. The van der Waals surface area contributed by atoms with Gasteiger partial charge in [-0.25, -0.2) is 18.8 Å². The van der Waals surface area contributed by atoms with Crippen molar-refractivity contribution in [2.75, 3.05) is 25.1 Å². The van der Waals surface area contributed by atoms with Crippen LogP contribution in [0, 0.1) is 28.4 Å². The Hall–Kier alpha value is -4.49. The average molecular weight is 532 g/mol. The van der Waals surface area contributed by atoms with Gasteiger partial charge < -0.3 is 24.9 Å². The van der Waals surface area contributed by atoms with E-state index in [-0.39, 0.29) is 36.6 Å². The first-order chi connectivity index (χ1) is 18.7. The minimum atomic E-state index is -0.919. The van der Waals surface area contributed by atoms with Crippen molar-refractivity contribution in [1.82, 2.24) is 9.97 Å². The minimum absolute atomic E-state index is 0.0891. The van der Waals surface area contributed by atoms with Crippen LogP contribution in [0.15, 0.2) is 53.8 Å². The molecule has 0 bridgehead atoms. The molecule has 39 heavy (non-hydrogen) atoms. The Balaban J connectivity index is 1.48. The second-order valence-electron chi connectivity index (χ2n) is 10.2. The number of halogens is 2. The lowest BCUT2D eigenvalue weighted by Crippen LogP contribution is -2.38. The first kappa shape index (κ1) is 26.1. The lowest BCUT2D eigenvalue weighted by atomic mass is 9.91. The molecule has 0 saturated heterocycles. The van der Waals surface area contributed by atoms with E-state index < -0.39 is 22.8 Å². The highest BCUT2D eigenvalue weighted by atomic mass is 19.1. The van der Waals surface area contributed by atoms with Crippen molar-refractivity contribution < 1.29 is 23.4 Å². The summed E-state index contributed by atoms with van der Waals surface area (Å²) < 4.78 is 41.6. The molecule has 2 aromatic heterocycles. The summed E-state index contributed by atoms with van der Waals surface area (Å²) in [5.41, 5.74) is 3.18. The fraction of sp³-hybridized carbons (Fsp3) is 0.276. The van der Waals surface area contributed by atoms with Gasteiger partial charge in [-0.05, 0) is 35.2 Å². The van der Waals surface area contributed by atoms with Crippen molar-refractivity contribution in [1.29, 1.82) is 5.26 Å². The van der Waals surface area contributed by atoms with Gasteiger partial charge in [0.25, 0.3) is 6.02 Å². The van der Waals surface area contributed by atoms with Crippen LogP contribution in [0.1, 0.15) is 37.8 Å². The molecule has 200 valence electrons. The summed E-state index contributed by atoms with van der Waals surface area (Å²) in [5, 5.41) is 22.1. The third-order valence-electron chi connectivity index (χ3n) is 6.63. The van der Waals surface area contributed by atoms with Gasteiger partial charge in [-0.3, -0.25) is 0 Å². The monoisotopic (exact) mass is 531 g/mol. The summed E-state index contributed by atoms with van der Waals surface area (Å²) in [6.45, 7) is 6.33. The van der Waals surface area contributed by atoms with E-state index in [0.717, 1.165) is 28.8 Å². The van der Waals surface area contributed by atoms with Crippen LogP contribution in [0.2, 0.25) is 0 Å². The number of nitrogens with zero attached hydrogens (tertiary/aromatic N) is 3. The number of aromatic nitrogens is 2. The van der Waals surface area contributed by atoms with Crippen LogP contribution in [-0.4, -0.2) is 40.9 Å². The van der Waals surface area contributed by atoms with Crippen LogP contribution in [0.3, 0.4) is 0 Å². The van der Waals surface area contributed by atoms with Gasteiger partial charge in [0.1, 0.15) is 18.0 Å². The minimum Gasteiger partial charge on any atom is -0.464 e. The molecule has 5 rings (SSSR count). The molecule has 1 aliphatic rings. The summed E-state index contributed by atoms with van der Waals surface area (Å²) in [4.78, 5) is 11.7. The van der Waals surface area contributed by atoms with E-state index in [1.54, 1.807) is 18.3 Å². The van der Waals surface area contributed by atoms with Crippen LogP contribution in [0.4, 0.5) is 14.5 Å². The highest BCUT2D eigenvalue weighted by molar-refractivity contribution is 5.99. The molecule has 0 radical (unpaired) electrons. The van der Waals surface area contributed by atoms with E-state index in [1.807, 2.05) is 32.9 Å². The number of aromatic amines is 1. The molecular weight excluding hydrogens is 504 g/mol. The predicted molar refractivity (Wildman–Crippen MR) is 144 cm³/mol. The molecule has 4 aromatic rings. The van der Waals surface area contributed by atoms with Gasteiger partial charge in [0, 0.05) is 41.2 Å². The lowest BCUT2D eigenvalue weighted by Gasteiger charge is -2.30. The number of anilines is 1. The molecule has 1 atom stereocenters. The van der Waals surface area contributed by atoms with Gasteiger partial charge in [0.05, 0.1) is 30.2 Å². The Labute approximate surface area is 223 Å². The van der Waals surface area contributed by atoms with Crippen molar-refractivity contribution in [3.63, 3.8) is 0 Å². The summed E-state index contributed by atoms with van der Waals surface area (Å²) in [5.74, 6) is -2.07. The van der Waals surface area contributed by atoms with Crippen LogP contribution >= 0.6 is 0 Å². The zero-order valence-corrected chi connectivity index (χ0v) is 21.7. The first-order valence-electron chi connectivity index (χ1n) is 12.4. The maximum absolute atomic E-state index is 15.2. The van der Waals surface area contributed by atoms with Gasteiger partial charge in [-0.1, -0.05) is 26.8 Å². The number of nitriles is 1. The van der Waals surface area contributed by atoms with Crippen LogP contribution in [0.5, 0.6) is 11.5 Å². The summed E-state index contributed by atoms with van der Waals surface area (Å²) >= 11 is 0. The molecular formula is C29H27F2N5O3. The third-order valence-corrected chi connectivity index (χ3v) is 6.63. The van der Waals surface area contributed by atoms with Crippen molar-refractivity contribution in [3.05, 3.63) is 71.6 Å². The van der Waals surface area contributed by atoms with Gasteiger partial charge in [0.2, 0.25) is 0 Å². The number of nitrogens with one attached hydrogen (secondary N) is 2. The molecule has 8 nitrogen and oxygen atoms in total. The molecule has 3 N–H and O–H groups in total. The molecule has 0 aliphatic carbocycles. The Kier molecular flexibility index (Phi) is 6.93. The number of hydrogen-bond donors (Lipinski definition) is 3. The summed E-state index contributed by atoms with van der Waals surface area (Å²) in [6, 6.07) is 11.4. The van der Waals surface area contributed by atoms with Gasteiger partial charge in [0.15, 0.2) is 17.4 Å². The lowest BCUT2D eigenvalue weighted by molar-refractivity contribution is 0.0706. The van der Waals surface area contributed by atoms with E-state index in [4.69, 9.17) is 9.47 Å². The number of pyridine rings is 1. The number of aliphatic hydroxyl groups excluding tert-OH is 1. The Bertz CT molecular complexity index is 1600. The maximum atomic E-state index is 15.2. The summed E-state index contributed by atoms with van der Waals surface area (Å²) in [7, 11) is 0. The molecule has 0 saturated carbocycles. The van der Waals surface area contributed by atoms with Crippen molar-refractivity contribution >= 4 is 22.7 Å². The number of aliphatic hydroxyl groups is 1. The smallest absolute Gasteiger partial charge is 0.289 e. The third kappa shape index (κ3) is 5.13. The molecule has 0 unspecified atom stereocenters. The molecule has 0 amide bonds. The molecule has 0 fully saturated rings. The second-order valence-corrected chi connectivity index (χ2v) is 10.2. The van der Waals surface area contributed by atoms with Crippen molar-refractivity contribution in [3.8, 4) is 28.7 Å². The number of fused-ring (bicyclic) bond motifs is 1. The van der Waals surface area contributed by atoms with Crippen molar-refractivity contribution in [2.45, 2.75) is 26.7 Å². The Morgan fingerprint density at radius 2 is 1.97 bits per heavy atom. The van der Waals surface area contributed by atoms with Crippen LogP contribution in [-0.2, 0) is 4.74 Å². The second kappa shape index (κ2) is 10.3. The SMILES string of the molecule is CC(C)c1cc(C#N)ccc1-c1c[nH]c2nccc(Oc3c(F)cc(NC4=NC[C@](C)(CO)CO4)cc3F)c12. The maximum Gasteiger partial charge on any atom is 0.289 e. The number of rotatable bonds is 6. The fourth-order valence-electron chi connectivity index (χ4n) is 4.41. The number of amidine groups is 1. The van der Waals surface area contributed by atoms with Crippen molar-refractivity contribution in [2.24, 2.45) is 10.4 Å². The highest BCUT2D eigenvalue weighted by Crippen LogP contribution is 2.41. The Morgan fingerprint density at radius 3 is 2.62 bits per heavy atom. The molecule has 3 heterocycles. The number of ether oxygens (including phenoxy) is 2. The zero-order chi connectivity index (χ0) is 27.7. The number of H-pyrrole nitrogens is 1. The molecule has 2 aromatic carbocycles. The predicted octanol–water partition coefficient (Wildman–Crippen LogP) is 6.09. The average Bonchev–Trinajstić information content (AvgIpc) is 3.36. The first-order valence-corrected chi connectivity index (χ1v) is 12.4. The fourth-order valence-corrected chi connectivity index (χ4v) is 4.41. The number of hydrogen-bond acceptors (Lipinski definition) is 7. The van der Waals surface area contributed by atoms with Gasteiger partial charge in [-0.15, -0.1) is 0 Å². The molecule has 10 heteroatoms. The largest absolute Gasteiger partial charge is 0.464 e. The van der Waals surface area contributed by atoms with E-state index in [2.05, 4.69) is 26.3 Å². The highest BCUT2D eigenvalue weighted by Gasteiger charge is 2.29. The van der Waals surface area contributed by atoms with E-state index in [9.17, 15) is 10.4 Å². The number of aliphatic imine (C=N–C) groups is 1. The normalized spacial score (nSPS) is 17.0. The quantitative estimate of drug-likeness (QED) is 0.277. The van der Waals surface area contributed by atoms with E-state index >= 15 is 8.78 Å². The Morgan fingerprint density at radius 1 is 1.21 bits per heavy atom. The van der Waals surface area contributed by atoms with Crippen LogP contribution < -0.4 is 10.1 Å².